The van der Waals surface area contributed by atoms with Gasteiger partial charge in [0.2, 0.25) is 0 Å². The minimum absolute atomic E-state index is 0.955. The first kappa shape index (κ1) is 8.84. The van der Waals surface area contributed by atoms with E-state index >= 15 is 0 Å². The molecule has 0 unspecified atom stereocenters. The first-order chi connectivity index (χ1) is 5.70. The molecule has 0 aliphatic heterocycles. The quantitative estimate of drug-likeness (QED) is 0.407. The van der Waals surface area contributed by atoms with Crippen LogP contribution in [0.25, 0.3) is 0 Å². The standard InChI is InChI=1S/C9H14N2O/c1-4-11-7(2)5-9(6-10-12)8(11)3/h5-6,12H,4H2,1-3H3/b10-6+. The molecule has 0 aromatic carbocycles. The fourth-order valence-corrected chi connectivity index (χ4v) is 1.51. The van der Waals surface area contributed by atoms with Crippen molar-refractivity contribution in [2.75, 3.05) is 0 Å². The van der Waals surface area contributed by atoms with Crippen molar-refractivity contribution in [2.24, 2.45) is 5.16 Å². The summed E-state index contributed by atoms with van der Waals surface area (Å²) >= 11 is 0. The van der Waals surface area contributed by atoms with E-state index in [1.165, 1.54) is 11.9 Å². The molecule has 3 nitrogen and oxygen atoms in total. The monoisotopic (exact) mass is 166 g/mol. The normalized spacial score (nSPS) is 11.2. The summed E-state index contributed by atoms with van der Waals surface area (Å²) in [5.74, 6) is 0. The van der Waals surface area contributed by atoms with Crippen LogP contribution in [0.3, 0.4) is 0 Å². The Hall–Kier alpha value is -1.25. The summed E-state index contributed by atoms with van der Waals surface area (Å²) in [5.41, 5.74) is 3.33. The number of aryl methyl sites for hydroxylation is 1. The summed E-state index contributed by atoms with van der Waals surface area (Å²) in [6, 6.07) is 2.01. The molecule has 0 fully saturated rings. The van der Waals surface area contributed by atoms with E-state index in [1.807, 2.05) is 19.9 Å². The van der Waals surface area contributed by atoms with Crippen molar-refractivity contribution >= 4 is 6.21 Å². The molecule has 0 radical (unpaired) electrons. The van der Waals surface area contributed by atoms with E-state index in [1.54, 1.807) is 0 Å². The number of nitrogens with zero attached hydrogens (tertiary/aromatic N) is 2. The van der Waals surface area contributed by atoms with Crippen molar-refractivity contribution < 1.29 is 5.21 Å². The van der Waals surface area contributed by atoms with Crippen LogP contribution in [0.2, 0.25) is 0 Å². The first-order valence-electron chi connectivity index (χ1n) is 4.04. The first-order valence-corrected chi connectivity index (χ1v) is 4.04. The lowest BCUT2D eigenvalue weighted by Crippen LogP contribution is -1.99. The average molecular weight is 166 g/mol. The molecule has 0 aliphatic carbocycles. The molecule has 1 rings (SSSR count). The zero-order valence-corrected chi connectivity index (χ0v) is 7.70. The van der Waals surface area contributed by atoms with Gasteiger partial charge in [0.1, 0.15) is 0 Å². The second-order valence-corrected chi connectivity index (χ2v) is 2.82. The van der Waals surface area contributed by atoms with Crippen molar-refractivity contribution in [3.8, 4) is 0 Å². The Morgan fingerprint density at radius 3 is 2.67 bits per heavy atom. The van der Waals surface area contributed by atoms with Crippen molar-refractivity contribution in [3.63, 3.8) is 0 Å². The van der Waals surface area contributed by atoms with Gasteiger partial charge in [-0.15, -0.1) is 0 Å². The lowest BCUT2D eigenvalue weighted by molar-refractivity contribution is 0.322. The van der Waals surface area contributed by atoms with E-state index in [-0.39, 0.29) is 0 Å². The van der Waals surface area contributed by atoms with Crippen molar-refractivity contribution in [2.45, 2.75) is 27.3 Å². The van der Waals surface area contributed by atoms with Gasteiger partial charge >= 0.3 is 0 Å². The van der Waals surface area contributed by atoms with Gasteiger partial charge in [0, 0.05) is 23.5 Å². The van der Waals surface area contributed by atoms with Crippen LogP contribution in [-0.4, -0.2) is 16.0 Å². The molecule has 3 heteroatoms. The van der Waals surface area contributed by atoms with Crippen LogP contribution in [0, 0.1) is 13.8 Å². The second-order valence-electron chi connectivity index (χ2n) is 2.82. The van der Waals surface area contributed by atoms with Crippen molar-refractivity contribution in [1.82, 2.24) is 4.57 Å². The Labute approximate surface area is 72.3 Å². The van der Waals surface area contributed by atoms with E-state index in [9.17, 15) is 0 Å². The summed E-state index contributed by atoms with van der Waals surface area (Å²) < 4.78 is 2.18. The molecule has 66 valence electrons. The van der Waals surface area contributed by atoms with Gasteiger partial charge in [-0.1, -0.05) is 5.16 Å². The number of aromatic nitrogens is 1. The zero-order chi connectivity index (χ0) is 9.14. The summed E-state index contributed by atoms with van der Waals surface area (Å²) in [6.45, 7) is 7.12. The fourth-order valence-electron chi connectivity index (χ4n) is 1.51. The summed E-state index contributed by atoms with van der Waals surface area (Å²) in [4.78, 5) is 0. The molecule has 1 N–H and O–H groups in total. The van der Waals surface area contributed by atoms with Gasteiger partial charge in [0.25, 0.3) is 0 Å². The zero-order valence-electron chi connectivity index (χ0n) is 7.70. The smallest absolute Gasteiger partial charge is 0.0751 e. The molecule has 1 aromatic rings. The molecular weight excluding hydrogens is 152 g/mol. The molecule has 0 atom stereocenters. The Morgan fingerprint density at radius 1 is 1.58 bits per heavy atom. The number of rotatable bonds is 2. The third-order valence-electron chi connectivity index (χ3n) is 2.13. The van der Waals surface area contributed by atoms with E-state index in [4.69, 9.17) is 5.21 Å². The summed E-state index contributed by atoms with van der Waals surface area (Å²) in [5, 5.41) is 11.4. The molecular formula is C9H14N2O. The highest BCUT2D eigenvalue weighted by Gasteiger charge is 2.04. The van der Waals surface area contributed by atoms with Crippen LogP contribution in [0.15, 0.2) is 11.2 Å². The SMILES string of the molecule is CCn1c(C)cc(/C=N/O)c1C. The highest BCUT2D eigenvalue weighted by Crippen LogP contribution is 2.12. The summed E-state index contributed by atoms with van der Waals surface area (Å²) in [6.07, 6.45) is 1.47. The van der Waals surface area contributed by atoms with Gasteiger partial charge in [0.15, 0.2) is 0 Å². The van der Waals surface area contributed by atoms with Gasteiger partial charge < -0.3 is 9.77 Å². The third kappa shape index (κ3) is 1.35. The van der Waals surface area contributed by atoms with Gasteiger partial charge in [0.05, 0.1) is 6.21 Å². The predicted molar refractivity (Wildman–Crippen MR) is 49.0 cm³/mol. The van der Waals surface area contributed by atoms with Crippen LogP contribution in [0.1, 0.15) is 23.9 Å². The molecule has 0 amide bonds. The van der Waals surface area contributed by atoms with E-state index < -0.39 is 0 Å². The van der Waals surface area contributed by atoms with E-state index in [2.05, 4.69) is 16.6 Å². The number of oxime groups is 1. The Morgan fingerprint density at radius 2 is 2.25 bits per heavy atom. The Balaban J connectivity index is 3.17. The highest BCUT2D eigenvalue weighted by atomic mass is 16.4. The van der Waals surface area contributed by atoms with Crippen molar-refractivity contribution in [3.05, 3.63) is 23.0 Å². The van der Waals surface area contributed by atoms with Crippen molar-refractivity contribution in [1.29, 1.82) is 0 Å². The molecule has 0 aliphatic rings. The average Bonchev–Trinajstić information content (AvgIpc) is 2.29. The topological polar surface area (TPSA) is 37.5 Å². The van der Waals surface area contributed by atoms with Crippen LogP contribution in [-0.2, 0) is 6.54 Å². The molecule has 1 heterocycles. The molecule has 0 spiro atoms. The summed E-state index contributed by atoms with van der Waals surface area (Å²) in [7, 11) is 0. The number of hydrogen-bond acceptors (Lipinski definition) is 2. The van der Waals surface area contributed by atoms with Crippen LogP contribution in [0.5, 0.6) is 0 Å². The van der Waals surface area contributed by atoms with E-state index in [0.29, 0.717) is 0 Å². The van der Waals surface area contributed by atoms with Gasteiger partial charge in [-0.05, 0) is 26.8 Å². The van der Waals surface area contributed by atoms with Gasteiger partial charge in [-0.2, -0.15) is 0 Å². The number of hydrogen-bond donors (Lipinski definition) is 1. The molecule has 0 saturated heterocycles. The minimum Gasteiger partial charge on any atom is -0.411 e. The maximum absolute atomic E-state index is 8.38. The minimum atomic E-state index is 0.955. The van der Waals surface area contributed by atoms with Gasteiger partial charge in [-0.25, -0.2) is 0 Å². The second kappa shape index (κ2) is 3.43. The van der Waals surface area contributed by atoms with Crippen LogP contribution in [0.4, 0.5) is 0 Å². The van der Waals surface area contributed by atoms with Crippen LogP contribution >= 0.6 is 0 Å². The molecule has 1 aromatic heterocycles. The van der Waals surface area contributed by atoms with Crippen LogP contribution < -0.4 is 0 Å². The molecule has 12 heavy (non-hydrogen) atoms. The lowest BCUT2D eigenvalue weighted by Gasteiger charge is -2.03. The molecule has 0 bridgehead atoms. The fraction of sp³-hybridized carbons (Fsp3) is 0.444. The maximum Gasteiger partial charge on any atom is 0.0751 e. The van der Waals surface area contributed by atoms with E-state index in [0.717, 1.165) is 17.8 Å². The maximum atomic E-state index is 8.38. The Bertz CT molecular complexity index is 300. The third-order valence-corrected chi connectivity index (χ3v) is 2.13. The van der Waals surface area contributed by atoms with Gasteiger partial charge in [-0.3, -0.25) is 0 Å². The molecule has 0 saturated carbocycles. The largest absolute Gasteiger partial charge is 0.411 e. The predicted octanol–water partition coefficient (Wildman–Crippen LogP) is 1.93. The lowest BCUT2D eigenvalue weighted by atomic mass is 10.3. The Kier molecular flexibility index (Phi) is 2.53. The highest BCUT2D eigenvalue weighted by molar-refractivity contribution is 5.81.